The summed E-state index contributed by atoms with van der Waals surface area (Å²) >= 11 is 0. The molecule has 0 amide bonds. The molecule has 4 aliphatic rings. The molecule has 2 bridgehead atoms. The minimum absolute atomic E-state index is 0.242. The van der Waals surface area contributed by atoms with E-state index < -0.39 is 11.8 Å². The van der Waals surface area contributed by atoms with Crippen LogP contribution in [0.5, 0.6) is 5.75 Å². The lowest BCUT2D eigenvalue weighted by atomic mass is 9.54. The van der Waals surface area contributed by atoms with Gasteiger partial charge >= 0.3 is 5.97 Å². The van der Waals surface area contributed by atoms with Crippen molar-refractivity contribution >= 4 is 5.97 Å². The first-order valence-corrected chi connectivity index (χ1v) is 8.26. The molecular formula is C18H21FO3. The summed E-state index contributed by atoms with van der Waals surface area (Å²) in [6, 6.07) is 2.76. The number of hydrogen-bond acceptors (Lipinski definition) is 2. The normalized spacial score (nSPS) is 29.8. The van der Waals surface area contributed by atoms with Crippen LogP contribution in [0.15, 0.2) is 12.1 Å². The van der Waals surface area contributed by atoms with Crippen molar-refractivity contribution in [2.75, 3.05) is 6.61 Å². The Kier molecular flexibility index (Phi) is 3.17. The number of carbonyl (C=O) groups is 1. The topological polar surface area (TPSA) is 46.5 Å². The number of fused-ring (bicyclic) bond motifs is 2. The fourth-order valence-corrected chi connectivity index (χ4v) is 4.33. The highest BCUT2D eigenvalue weighted by atomic mass is 19.1. The highest BCUT2D eigenvalue weighted by Crippen LogP contribution is 2.56. The molecule has 0 atom stereocenters. The Morgan fingerprint density at radius 2 is 2.09 bits per heavy atom. The standard InChI is InChI=1S/C18H21FO3/c19-15-7-16(13(12-3-4-12)6-14(15)17(20)21)22-10-18-5-1-2-11(8-18)9-18/h6-7,11-12H,1-5,8-10H2,(H,20,21). The summed E-state index contributed by atoms with van der Waals surface area (Å²) in [6.45, 7) is 0.648. The number of carboxylic acids is 1. The lowest BCUT2D eigenvalue weighted by molar-refractivity contribution is -0.0414. The SMILES string of the molecule is O=C(O)c1cc(C2CC2)c(OCC23CCCC(C2)C3)cc1F. The van der Waals surface area contributed by atoms with E-state index in [1.165, 1.54) is 44.2 Å². The fourth-order valence-electron chi connectivity index (χ4n) is 4.33. The largest absolute Gasteiger partial charge is 0.493 e. The third-order valence-electron chi connectivity index (χ3n) is 5.64. The summed E-state index contributed by atoms with van der Waals surface area (Å²) in [5, 5.41) is 9.08. The Morgan fingerprint density at radius 1 is 1.32 bits per heavy atom. The van der Waals surface area contributed by atoms with E-state index in [1.54, 1.807) is 0 Å². The van der Waals surface area contributed by atoms with Gasteiger partial charge in [0.05, 0.1) is 12.2 Å². The van der Waals surface area contributed by atoms with Gasteiger partial charge in [-0.2, -0.15) is 0 Å². The molecule has 0 radical (unpaired) electrons. The van der Waals surface area contributed by atoms with Gasteiger partial charge < -0.3 is 9.84 Å². The van der Waals surface area contributed by atoms with Crippen LogP contribution in [0.3, 0.4) is 0 Å². The van der Waals surface area contributed by atoms with E-state index in [1.807, 2.05) is 0 Å². The molecule has 0 spiro atoms. The summed E-state index contributed by atoms with van der Waals surface area (Å²) in [4.78, 5) is 11.1. The molecule has 1 aromatic carbocycles. The summed E-state index contributed by atoms with van der Waals surface area (Å²) in [5.41, 5.74) is 0.932. The van der Waals surface area contributed by atoms with Crippen molar-refractivity contribution < 1.29 is 19.0 Å². The lowest BCUT2D eigenvalue weighted by Gasteiger charge is -2.52. The number of hydrogen-bond donors (Lipinski definition) is 1. The first-order valence-electron chi connectivity index (χ1n) is 8.26. The third-order valence-corrected chi connectivity index (χ3v) is 5.64. The number of aromatic carboxylic acids is 1. The molecule has 0 heterocycles. The third kappa shape index (κ3) is 2.38. The van der Waals surface area contributed by atoms with Crippen molar-refractivity contribution in [1.82, 2.24) is 0 Å². The van der Waals surface area contributed by atoms with E-state index in [0.29, 0.717) is 23.7 Å². The minimum atomic E-state index is -1.21. The van der Waals surface area contributed by atoms with Crippen LogP contribution in [-0.4, -0.2) is 17.7 Å². The zero-order chi connectivity index (χ0) is 15.3. The van der Waals surface area contributed by atoms with E-state index in [-0.39, 0.29) is 5.56 Å². The van der Waals surface area contributed by atoms with Gasteiger partial charge in [0.2, 0.25) is 0 Å². The molecule has 1 N–H and O–H groups in total. The smallest absolute Gasteiger partial charge is 0.338 e. The van der Waals surface area contributed by atoms with Gasteiger partial charge in [0.25, 0.3) is 0 Å². The Morgan fingerprint density at radius 3 is 2.68 bits per heavy atom. The van der Waals surface area contributed by atoms with Gasteiger partial charge in [0.15, 0.2) is 0 Å². The molecule has 3 nitrogen and oxygen atoms in total. The second-order valence-corrected chi connectivity index (χ2v) is 7.40. The van der Waals surface area contributed by atoms with Crippen LogP contribution in [0.2, 0.25) is 0 Å². The number of carboxylic acid groups (broad SMARTS) is 1. The summed E-state index contributed by atoms with van der Waals surface area (Å²) in [7, 11) is 0. The Hall–Kier alpha value is -1.58. The number of benzene rings is 1. The van der Waals surface area contributed by atoms with Gasteiger partial charge in [-0.3, -0.25) is 0 Å². The molecule has 0 aliphatic heterocycles. The Bertz CT molecular complexity index is 609. The van der Waals surface area contributed by atoms with Crippen molar-refractivity contribution in [3.05, 3.63) is 29.1 Å². The van der Waals surface area contributed by atoms with E-state index in [2.05, 4.69) is 0 Å². The first kappa shape index (κ1) is 14.0. The molecule has 4 fully saturated rings. The molecule has 4 heteroatoms. The Balaban J connectivity index is 1.55. The molecule has 5 rings (SSSR count). The maximum atomic E-state index is 14.0. The van der Waals surface area contributed by atoms with Crippen LogP contribution < -0.4 is 4.74 Å². The van der Waals surface area contributed by atoms with Gasteiger partial charge in [-0.15, -0.1) is 0 Å². The molecule has 0 aromatic heterocycles. The van der Waals surface area contributed by atoms with Gasteiger partial charge in [0, 0.05) is 11.5 Å². The summed E-state index contributed by atoms with van der Waals surface area (Å²) < 4.78 is 20.0. The van der Waals surface area contributed by atoms with Crippen LogP contribution in [0, 0.1) is 17.2 Å². The van der Waals surface area contributed by atoms with Crippen LogP contribution >= 0.6 is 0 Å². The number of rotatable bonds is 5. The zero-order valence-electron chi connectivity index (χ0n) is 12.6. The van der Waals surface area contributed by atoms with Gasteiger partial charge in [-0.25, -0.2) is 9.18 Å². The van der Waals surface area contributed by atoms with Crippen molar-refractivity contribution in [1.29, 1.82) is 0 Å². The highest BCUT2D eigenvalue weighted by Gasteiger charge is 2.47. The molecule has 0 saturated heterocycles. The van der Waals surface area contributed by atoms with E-state index >= 15 is 0 Å². The molecule has 0 unspecified atom stereocenters. The quantitative estimate of drug-likeness (QED) is 0.879. The van der Waals surface area contributed by atoms with Crippen LogP contribution in [0.1, 0.15) is 66.8 Å². The van der Waals surface area contributed by atoms with Crippen molar-refractivity contribution in [2.45, 2.75) is 50.9 Å². The van der Waals surface area contributed by atoms with E-state index in [0.717, 1.165) is 24.3 Å². The maximum absolute atomic E-state index is 14.0. The summed E-state index contributed by atoms with van der Waals surface area (Å²) in [5.74, 6) is -0.135. The predicted molar refractivity (Wildman–Crippen MR) is 79.8 cm³/mol. The summed E-state index contributed by atoms with van der Waals surface area (Å²) in [6.07, 6.45) is 8.37. The van der Waals surface area contributed by atoms with Crippen molar-refractivity contribution in [3.63, 3.8) is 0 Å². The molecule has 1 aromatic rings. The number of halogens is 1. The van der Waals surface area contributed by atoms with Crippen LogP contribution in [0.25, 0.3) is 0 Å². The van der Waals surface area contributed by atoms with Gasteiger partial charge in [0.1, 0.15) is 11.6 Å². The molecular weight excluding hydrogens is 283 g/mol. The van der Waals surface area contributed by atoms with Crippen LogP contribution in [-0.2, 0) is 0 Å². The Labute approximate surface area is 129 Å². The molecule has 22 heavy (non-hydrogen) atoms. The second-order valence-electron chi connectivity index (χ2n) is 7.40. The van der Waals surface area contributed by atoms with Crippen LogP contribution in [0.4, 0.5) is 4.39 Å². The average molecular weight is 304 g/mol. The number of ether oxygens (including phenoxy) is 1. The lowest BCUT2D eigenvalue weighted by Crippen LogP contribution is -2.45. The first-order chi connectivity index (χ1) is 10.6. The van der Waals surface area contributed by atoms with Gasteiger partial charge in [-0.05, 0) is 55.6 Å². The maximum Gasteiger partial charge on any atom is 0.338 e. The average Bonchev–Trinajstić information content (AvgIpc) is 3.29. The molecule has 118 valence electrons. The fraction of sp³-hybridized carbons (Fsp3) is 0.611. The van der Waals surface area contributed by atoms with Gasteiger partial charge in [-0.1, -0.05) is 12.8 Å². The van der Waals surface area contributed by atoms with Crippen molar-refractivity contribution in [2.24, 2.45) is 11.3 Å². The monoisotopic (exact) mass is 304 g/mol. The predicted octanol–water partition coefficient (Wildman–Crippen LogP) is 4.36. The zero-order valence-corrected chi connectivity index (χ0v) is 12.6. The minimum Gasteiger partial charge on any atom is -0.493 e. The highest BCUT2D eigenvalue weighted by molar-refractivity contribution is 5.88. The van der Waals surface area contributed by atoms with E-state index in [9.17, 15) is 9.18 Å². The molecule has 4 saturated carbocycles. The molecule has 4 aliphatic carbocycles. The second kappa shape index (κ2) is 4.97. The van der Waals surface area contributed by atoms with Crippen molar-refractivity contribution in [3.8, 4) is 5.75 Å². The van der Waals surface area contributed by atoms with E-state index in [4.69, 9.17) is 9.84 Å².